The van der Waals surface area contributed by atoms with E-state index in [4.69, 9.17) is 10.9 Å². The molecule has 0 aliphatic carbocycles. The van der Waals surface area contributed by atoms with E-state index < -0.39 is 10.0 Å². The Bertz CT molecular complexity index is 543. The van der Waals surface area contributed by atoms with Crippen molar-refractivity contribution in [2.75, 3.05) is 44.4 Å². The fourth-order valence-electron chi connectivity index (χ4n) is 1.92. The van der Waals surface area contributed by atoms with E-state index in [9.17, 15) is 8.42 Å². The van der Waals surface area contributed by atoms with Gasteiger partial charge in [0.25, 0.3) is 0 Å². The topological polar surface area (TPSA) is 92.7 Å². The van der Waals surface area contributed by atoms with E-state index in [0.29, 0.717) is 5.69 Å². The summed E-state index contributed by atoms with van der Waals surface area (Å²) in [6.07, 6.45) is 0.951. The molecule has 114 valence electrons. The van der Waals surface area contributed by atoms with Gasteiger partial charge in [0.15, 0.2) is 0 Å². The molecule has 0 amide bonds. The lowest BCUT2D eigenvalue weighted by molar-refractivity contribution is 0.413. The van der Waals surface area contributed by atoms with Crippen LogP contribution >= 0.6 is 0 Å². The molecule has 4 N–H and O–H groups in total. The number of hydrogen-bond acceptors (Lipinski definition) is 5. The van der Waals surface area contributed by atoms with Crippen molar-refractivity contribution in [1.82, 2.24) is 4.90 Å². The minimum atomic E-state index is -3.71. The molecule has 0 aliphatic rings. The number of rotatable bonds is 7. The van der Waals surface area contributed by atoms with Crippen LogP contribution in [0.4, 0.5) is 11.4 Å². The molecule has 7 heteroatoms. The lowest BCUT2D eigenvalue weighted by Gasteiger charge is -2.27. The second-order valence-electron chi connectivity index (χ2n) is 5.06. The van der Waals surface area contributed by atoms with E-state index in [1.165, 1.54) is 6.07 Å². The quantitative estimate of drug-likeness (QED) is 0.723. The highest BCUT2D eigenvalue weighted by Gasteiger charge is 2.14. The van der Waals surface area contributed by atoms with Gasteiger partial charge in [-0.1, -0.05) is 6.92 Å². The lowest BCUT2D eigenvalue weighted by Crippen LogP contribution is -2.33. The van der Waals surface area contributed by atoms with Crippen LogP contribution in [0.3, 0.4) is 0 Å². The molecule has 0 aliphatic heterocycles. The van der Waals surface area contributed by atoms with E-state index in [1.54, 1.807) is 12.1 Å². The van der Waals surface area contributed by atoms with E-state index in [-0.39, 0.29) is 4.90 Å². The van der Waals surface area contributed by atoms with Gasteiger partial charge in [-0.3, -0.25) is 0 Å². The number of nitrogen functional groups attached to an aromatic ring is 1. The Morgan fingerprint density at radius 2 is 1.80 bits per heavy atom. The average Bonchev–Trinajstić information content (AvgIpc) is 2.33. The van der Waals surface area contributed by atoms with E-state index in [1.807, 2.05) is 14.1 Å². The summed E-state index contributed by atoms with van der Waals surface area (Å²) in [6.45, 7) is 4.52. The first kappa shape index (κ1) is 16.7. The molecule has 1 aromatic rings. The fourth-order valence-corrected chi connectivity index (χ4v) is 2.45. The van der Waals surface area contributed by atoms with E-state index >= 15 is 0 Å². The Hall–Kier alpha value is -1.31. The maximum absolute atomic E-state index is 11.5. The van der Waals surface area contributed by atoms with E-state index in [2.05, 4.69) is 16.7 Å². The summed E-state index contributed by atoms with van der Waals surface area (Å²) < 4.78 is 22.9. The largest absolute Gasteiger partial charge is 0.397 e. The van der Waals surface area contributed by atoms with Crippen molar-refractivity contribution in [3.05, 3.63) is 18.2 Å². The van der Waals surface area contributed by atoms with E-state index in [0.717, 1.165) is 31.7 Å². The van der Waals surface area contributed by atoms with Crippen LogP contribution in [0.25, 0.3) is 0 Å². The third-order valence-corrected chi connectivity index (χ3v) is 3.89. The van der Waals surface area contributed by atoms with Crippen LogP contribution in [-0.2, 0) is 10.0 Å². The van der Waals surface area contributed by atoms with Crippen molar-refractivity contribution < 1.29 is 8.42 Å². The van der Waals surface area contributed by atoms with Gasteiger partial charge in [0, 0.05) is 19.6 Å². The predicted octanol–water partition coefficient (Wildman–Crippen LogP) is 0.694. The van der Waals surface area contributed by atoms with Gasteiger partial charge in [-0.25, -0.2) is 13.6 Å². The van der Waals surface area contributed by atoms with Gasteiger partial charge < -0.3 is 15.5 Å². The summed E-state index contributed by atoms with van der Waals surface area (Å²) in [5.41, 5.74) is 7.26. The zero-order valence-electron chi connectivity index (χ0n) is 12.3. The SMILES string of the molecule is CCCN(CCN(C)C)c1cc(S(N)(=O)=O)ccc1N. The monoisotopic (exact) mass is 300 g/mol. The second kappa shape index (κ2) is 6.92. The van der Waals surface area contributed by atoms with Gasteiger partial charge in [-0.15, -0.1) is 0 Å². The first-order chi connectivity index (χ1) is 9.25. The highest BCUT2D eigenvalue weighted by molar-refractivity contribution is 7.89. The molecular weight excluding hydrogens is 276 g/mol. The van der Waals surface area contributed by atoms with Gasteiger partial charge in [0.2, 0.25) is 10.0 Å². The molecule has 0 saturated heterocycles. The summed E-state index contributed by atoms with van der Waals surface area (Å²) in [6, 6.07) is 4.58. The number of sulfonamides is 1. The third-order valence-electron chi connectivity index (χ3n) is 2.98. The second-order valence-corrected chi connectivity index (χ2v) is 6.62. The first-order valence-corrected chi connectivity index (χ1v) is 8.12. The number of anilines is 2. The molecule has 20 heavy (non-hydrogen) atoms. The minimum absolute atomic E-state index is 0.0904. The van der Waals surface area contributed by atoms with Gasteiger partial charge in [0.05, 0.1) is 16.3 Å². The van der Waals surface area contributed by atoms with Crippen LogP contribution in [0.15, 0.2) is 23.1 Å². The number of likely N-dealkylation sites (N-methyl/N-ethyl adjacent to an activating group) is 1. The van der Waals surface area contributed by atoms with Crippen molar-refractivity contribution in [3.63, 3.8) is 0 Å². The standard InChI is InChI=1S/C13H24N4O2S/c1-4-7-17(9-8-16(2)3)13-10-11(20(15,18)19)5-6-12(13)14/h5-6,10H,4,7-9,14H2,1-3H3,(H2,15,18,19). The van der Waals surface area contributed by atoms with Crippen molar-refractivity contribution >= 4 is 21.4 Å². The summed E-state index contributed by atoms with van der Waals surface area (Å²) >= 11 is 0. The molecule has 0 aromatic heterocycles. The Labute approximate surface area is 121 Å². The molecule has 1 rings (SSSR count). The molecule has 1 aromatic carbocycles. The predicted molar refractivity (Wildman–Crippen MR) is 83.3 cm³/mol. The Balaban J connectivity index is 3.11. The van der Waals surface area contributed by atoms with Crippen molar-refractivity contribution in [2.45, 2.75) is 18.2 Å². The first-order valence-electron chi connectivity index (χ1n) is 6.57. The number of nitrogens with two attached hydrogens (primary N) is 2. The van der Waals surface area contributed by atoms with Crippen molar-refractivity contribution in [3.8, 4) is 0 Å². The van der Waals surface area contributed by atoms with Crippen LogP contribution < -0.4 is 15.8 Å². The average molecular weight is 300 g/mol. The highest BCUT2D eigenvalue weighted by atomic mass is 32.2. The zero-order chi connectivity index (χ0) is 15.3. The van der Waals surface area contributed by atoms with Gasteiger partial charge in [-0.05, 0) is 38.7 Å². The van der Waals surface area contributed by atoms with Crippen LogP contribution in [0.5, 0.6) is 0 Å². The van der Waals surface area contributed by atoms with Crippen LogP contribution in [-0.4, -0.2) is 47.0 Å². The molecule has 0 heterocycles. The maximum Gasteiger partial charge on any atom is 0.238 e. The normalized spacial score (nSPS) is 11.8. The number of hydrogen-bond donors (Lipinski definition) is 2. The Kier molecular flexibility index (Phi) is 5.79. The molecule has 0 fully saturated rings. The summed E-state index contributed by atoms with van der Waals surface area (Å²) in [5, 5.41) is 5.18. The molecule has 6 nitrogen and oxygen atoms in total. The van der Waals surface area contributed by atoms with Crippen LogP contribution in [0.1, 0.15) is 13.3 Å². The molecule has 0 radical (unpaired) electrons. The minimum Gasteiger partial charge on any atom is -0.397 e. The molecular formula is C13H24N4O2S. The van der Waals surface area contributed by atoms with Crippen LogP contribution in [0.2, 0.25) is 0 Å². The third kappa shape index (κ3) is 4.66. The molecule has 0 saturated carbocycles. The number of benzene rings is 1. The molecule has 0 atom stereocenters. The maximum atomic E-state index is 11.5. The van der Waals surface area contributed by atoms with Crippen LogP contribution in [0, 0.1) is 0 Å². The summed E-state index contributed by atoms with van der Waals surface area (Å²) in [7, 11) is 0.274. The fraction of sp³-hybridized carbons (Fsp3) is 0.538. The summed E-state index contributed by atoms with van der Waals surface area (Å²) in [4.78, 5) is 4.25. The zero-order valence-corrected chi connectivity index (χ0v) is 13.2. The smallest absolute Gasteiger partial charge is 0.238 e. The lowest BCUT2D eigenvalue weighted by atomic mass is 10.2. The Morgan fingerprint density at radius 3 is 2.30 bits per heavy atom. The summed E-state index contributed by atoms with van der Waals surface area (Å²) in [5.74, 6) is 0. The number of nitrogens with zero attached hydrogens (tertiary/aromatic N) is 2. The number of primary sulfonamides is 1. The highest BCUT2D eigenvalue weighted by Crippen LogP contribution is 2.26. The van der Waals surface area contributed by atoms with Gasteiger partial charge >= 0.3 is 0 Å². The van der Waals surface area contributed by atoms with Gasteiger partial charge in [-0.2, -0.15) is 0 Å². The molecule has 0 unspecified atom stereocenters. The van der Waals surface area contributed by atoms with Crippen molar-refractivity contribution in [2.24, 2.45) is 5.14 Å². The molecule has 0 spiro atoms. The molecule has 0 bridgehead atoms. The Morgan fingerprint density at radius 1 is 1.15 bits per heavy atom. The van der Waals surface area contributed by atoms with Crippen molar-refractivity contribution in [1.29, 1.82) is 0 Å². The van der Waals surface area contributed by atoms with Gasteiger partial charge in [0.1, 0.15) is 0 Å².